The summed E-state index contributed by atoms with van der Waals surface area (Å²) in [5, 5.41) is 14.6. The van der Waals surface area contributed by atoms with E-state index in [0.29, 0.717) is 28.0 Å². The lowest BCUT2D eigenvalue weighted by atomic mass is 9.95. The van der Waals surface area contributed by atoms with Crippen LogP contribution in [0.4, 0.5) is 4.79 Å². The van der Waals surface area contributed by atoms with Gasteiger partial charge in [-0.1, -0.05) is 42.1 Å². The van der Waals surface area contributed by atoms with Crippen LogP contribution >= 0.6 is 11.8 Å². The van der Waals surface area contributed by atoms with E-state index in [-0.39, 0.29) is 12.6 Å². The molecule has 9 nitrogen and oxygen atoms in total. The first kappa shape index (κ1) is 20.9. The highest BCUT2D eigenvalue weighted by molar-refractivity contribution is 7.99. The third-order valence-electron chi connectivity index (χ3n) is 4.79. The van der Waals surface area contributed by atoms with Crippen molar-refractivity contribution in [2.45, 2.75) is 32.0 Å². The van der Waals surface area contributed by atoms with Gasteiger partial charge in [0.1, 0.15) is 0 Å². The molecular weight excluding hydrogens is 416 g/mol. The third kappa shape index (κ3) is 4.24. The maximum atomic E-state index is 12.8. The number of hydrogen-bond acceptors (Lipinski definition) is 7. The standard InChI is InChI=1S/C21H22N6O3S/c1-4-30-18(28)16-15(23-20(29)24-17(16)14-8-6-5-7-9-14)11-31-21-26-25-19-22-12(2)10-13(3)27(19)21/h5-10,17H,4,11H2,1-3H3,(H2,23,24,29)/t17-/m0/s1. The molecule has 3 aromatic rings. The predicted octanol–water partition coefficient (Wildman–Crippen LogP) is 2.70. The molecule has 31 heavy (non-hydrogen) atoms. The van der Waals surface area contributed by atoms with Crippen molar-refractivity contribution in [1.82, 2.24) is 30.2 Å². The van der Waals surface area contributed by atoms with Crippen molar-refractivity contribution in [3.63, 3.8) is 0 Å². The summed E-state index contributed by atoms with van der Waals surface area (Å²) in [6.45, 7) is 5.84. The SMILES string of the molecule is CCOC(=O)C1=C(CSc2nnc3nc(C)cc(C)n23)NC(=O)N[C@H]1c1ccccc1. The number of aromatic nitrogens is 4. The lowest BCUT2D eigenvalue weighted by Gasteiger charge is -2.29. The van der Waals surface area contributed by atoms with E-state index in [1.807, 2.05) is 54.6 Å². The van der Waals surface area contributed by atoms with Gasteiger partial charge in [0.2, 0.25) is 0 Å². The van der Waals surface area contributed by atoms with Gasteiger partial charge in [0.05, 0.1) is 18.2 Å². The molecule has 1 aliphatic heterocycles. The van der Waals surface area contributed by atoms with E-state index < -0.39 is 12.0 Å². The molecule has 1 atom stereocenters. The number of aryl methyl sites for hydroxylation is 2. The summed E-state index contributed by atoms with van der Waals surface area (Å²) in [6, 6.07) is 10.3. The number of rotatable bonds is 6. The number of thioether (sulfide) groups is 1. The summed E-state index contributed by atoms with van der Waals surface area (Å²) < 4.78 is 7.14. The maximum absolute atomic E-state index is 12.8. The van der Waals surface area contributed by atoms with Gasteiger partial charge in [-0.3, -0.25) is 4.40 Å². The van der Waals surface area contributed by atoms with Gasteiger partial charge in [0, 0.05) is 22.8 Å². The number of carbonyl (C=O) groups excluding carboxylic acids is 2. The molecule has 1 aliphatic rings. The van der Waals surface area contributed by atoms with Crippen LogP contribution in [0.5, 0.6) is 0 Å². The summed E-state index contributed by atoms with van der Waals surface area (Å²) >= 11 is 1.36. The number of ether oxygens (including phenoxy) is 1. The largest absolute Gasteiger partial charge is 0.463 e. The predicted molar refractivity (Wildman–Crippen MR) is 115 cm³/mol. The normalized spacial score (nSPS) is 16.2. The number of fused-ring (bicyclic) bond motifs is 1. The summed E-state index contributed by atoms with van der Waals surface area (Å²) in [6.07, 6.45) is 0. The lowest BCUT2D eigenvalue weighted by Crippen LogP contribution is -2.46. The molecule has 0 spiro atoms. The van der Waals surface area contributed by atoms with E-state index in [2.05, 4.69) is 25.8 Å². The van der Waals surface area contributed by atoms with E-state index in [0.717, 1.165) is 17.0 Å². The smallest absolute Gasteiger partial charge is 0.338 e. The molecule has 1 aromatic carbocycles. The molecule has 2 N–H and O–H groups in total. The molecule has 2 amide bonds. The van der Waals surface area contributed by atoms with E-state index in [1.54, 1.807) is 6.92 Å². The average molecular weight is 439 g/mol. The quantitative estimate of drug-likeness (QED) is 0.450. The first-order valence-electron chi connectivity index (χ1n) is 9.82. The van der Waals surface area contributed by atoms with Crippen LogP contribution in [-0.2, 0) is 9.53 Å². The highest BCUT2D eigenvalue weighted by Crippen LogP contribution is 2.30. The van der Waals surface area contributed by atoms with Gasteiger partial charge < -0.3 is 15.4 Å². The van der Waals surface area contributed by atoms with E-state index >= 15 is 0 Å². The number of carbonyl (C=O) groups is 2. The number of hydrogen-bond donors (Lipinski definition) is 2. The molecule has 4 rings (SSSR count). The van der Waals surface area contributed by atoms with Crippen molar-refractivity contribution in [3.8, 4) is 0 Å². The second kappa shape index (κ2) is 8.76. The minimum Gasteiger partial charge on any atom is -0.463 e. The Morgan fingerprint density at radius 1 is 1.23 bits per heavy atom. The van der Waals surface area contributed by atoms with E-state index in [1.165, 1.54) is 11.8 Å². The molecule has 0 aliphatic carbocycles. The van der Waals surface area contributed by atoms with Gasteiger partial charge in [-0.05, 0) is 32.4 Å². The Morgan fingerprint density at radius 3 is 2.74 bits per heavy atom. The van der Waals surface area contributed by atoms with Gasteiger partial charge in [0.15, 0.2) is 5.16 Å². The molecule has 0 fully saturated rings. The van der Waals surface area contributed by atoms with Gasteiger partial charge in [-0.2, -0.15) is 0 Å². The second-order valence-electron chi connectivity index (χ2n) is 7.00. The number of nitrogens with one attached hydrogen (secondary N) is 2. The summed E-state index contributed by atoms with van der Waals surface area (Å²) in [5.74, 6) is 0.342. The van der Waals surface area contributed by atoms with Crippen molar-refractivity contribution in [2.24, 2.45) is 0 Å². The molecule has 0 radical (unpaired) electrons. The zero-order valence-electron chi connectivity index (χ0n) is 17.4. The van der Waals surface area contributed by atoms with E-state index in [4.69, 9.17) is 4.74 Å². The van der Waals surface area contributed by atoms with Crippen LogP contribution in [0.1, 0.15) is 29.9 Å². The van der Waals surface area contributed by atoms with Crippen LogP contribution in [0.2, 0.25) is 0 Å². The molecule has 0 saturated heterocycles. The van der Waals surface area contributed by atoms with E-state index in [9.17, 15) is 9.59 Å². The Bertz CT molecular complexity index is 1170. The molecule has 0 saturated carbocycles. The number of urea groups is 1. The molecular formula is C21H22N6O3S. The monoisotopic (exact) mass is 438 g/mol. The van der Waals surface area contributed by atoms with Crippen molar-refractivity contribution >= 4 is 29.5 Å². The van der Waals surface area contributed by atoms with Crippen LogP contribution in [0.25, 0.3) is 5.78 Å². The van der Waals surface area contributed by atoms with Gasteiger partial charge >= 0.3 is 12.0 Å². The zero-order chi connectivity index (χ0) is 22.0. The van der Waals surface area contributed by atoms with Crippen molar-refractivity contribution in [2.75, 3.05) is 12.4 Å². The van der Waals surface area contributed by atoms with Crippen LogP contribution < -0.4 is 10.6 Å². The molecule has 0 unspecified atom stereocenters. The molecule has 10 heteroatoms. The van der Waals surface area contributed by atoms with Crippen molar-refractivity contribution < 1.29 is 14.3 Å². The van der Waals surface area contributed by atoms with Crippen LogP contribution in [-0.4, -0.2) is 43.9 Å². The van der Waals surface area contributed by atoms with Crippen LogP contribution in [0.3, 0.4) is 0 Å². The Labute approximate surface area is 183 Å². The first-order valence-corrected chi connectivity index (χ1v) is 10.8. The fourth-order valence-electron chi connectivity index (χ4n) is 3.51. The maximum Gasteiger partial charge on any atom is 0.338 e. The number of esters is 1. The summed E-state index contributed by atoms with van der Waals surface area (Å²) in [5.41, 5.74) is 3.46. The second-order valence-corrected chi connectivity index (χ2v) is 7.94. The number of nitrogens with zero attached hydrogens (tertiary/aromatic N) is 4. The fourth-order valence-corrected chi connectivity index (χ4v) is 4.46. The third-order valence-corrected chi connectivity index (χ3v) is 5.75. The number of amides is 2. The Balaban J connectivity index is 1.71. The summed E-state index contributed by atoms with van der Waals surface area (Å²) in [4.78, 5) is 29.6. The highest BCUT2D eigenvalue weighted by atomic mass is 32.2. The minimum atomic E-state index is -0.606. The topological polar surface area (TPSA) is 111 Å². The van der Waals surface area contributed by atoms with Gasteiger partial charge in [0.25, 0.3) is 5.78 Å². The van der Waals surface area contributed by atoms with Crippen LogP contribution in [0.15, 0.2) is 52.8 Å². The Kier molecular flexibility index (Phi) is 5.90. The number of benzene rings is 1. The van der Waals surface area contributed by atoms with Gasteiger partial charge in [-0.25, -0.2) is 14.6 Å². The molecule has 2 aromatic heterocycles. The zero-order valence-corrected chi connectivity index (χ0v) is 18.2. The first-order chi connectivity index (χ1) is 15.0. The fraction of sp³-hybridized carbons (Fsp3) is 0.286. The van der Waals surface area contributed by atoms with Crippen molar-refractivity contribution in [1.29, 1.82) is 0 Å². The molecule has 0 bridgehead atoms. The van der Waals surface area contributed by atoms with Gasteiger partial charge in [-0.15, -0.1) is 10.2 Å². The Morgan fingerprint density at radius 2 is 2.00 bits per heavy atom. The van der Waals surface area contributed by atoms with Crippen molar-refractivity contribution in [3.05, 3.63) is 64.6 Å². The van der Waals surface area contributed by atoms with Crippen LogP contribution in [0, 0.1) is 13.8 Å². The molecule has 3 heterocycles. The lowest BCUT2D eigenvalue weighted by molar-refractivity contribution is -0.139. The summed E-state index contributed by atoms with van der Waals surface area (Å²) in [7, 11) is 0. The Hall–Kier alpha value is -3.40. The molecule has 160 valence electrons. The highest BCUT2D eigenvalue weighted by Gasteiger charge is 2.33. The average Bonchev–Trinajstić information content (AvgIpc) is 3.15. The minimum absolute atomic E-state index is 0.233.